The van der Waals surface area contributed by atoms with Gasteiger partial charge in [0, 0.05) is 25.4 Å². The van der Waals surface area contributed by atoms with Gasteiger partial charge in [-0.05, 0) is 43.4 Å². The Hall–Kier alpha value is -1.72. The summed E-state index contributed by atoms with van der Waals surface area (Å²) in [5, 5.41) is 0. The van der Waals surface area contributed by atoms with Crippen LogP contribution in [0.3, 0.4) is 0 Å². The number of fused-ring (bicyclic) bond motifs is 1. The number of nitrogens with zero attached hydrogens (tertiary/aromatic N) is 2. The van der Waals surface area contributed by atoms with Gasteiger partial charge in [0.2, 0.25) is 0 Å². The van der Waals surface area contributed by atoms with Crippen molar-refractivity contribution < 1.29 is 13.2 Å². The maximum absolute atomic E-state index is 12.1. The molecule has 0 saturated carbocycles. The van der Waals surface area contributed by atoms with E-state index in [1.54, 1.807) is 0 Å². The van der Waals surface area contributed by atoms with Gasteiger partial charge in [-0.1, -0.05) is 77.6 Å². The zero-order chi connectivity index (χ0) is 23.1. The molecule has 32 heavy (non-hydrogen) atoms. The van der Waals surface area contributed by atoms with Gasteiger partial charge in [-0.25, -0.2) is 0 Å². The van der Waals surface area contributed by atoms with E-state index in [2.05, 4.69) is 34.3 Å². The summed E-state index contributed by atoms with van der Waals surface area (Å²) < 4.78 is 38.6. The van der Waals surface area contributed by atoms with Gasteiger partial charge in [0.25, 0.3) is 0 Å². The highest BCUT2D eigenvalue weighted by molar-refractivity contribution is 5.79. The Labute approximate surface area is 192 Å². The summed E-state index contributed by atoms with van der Waals surface area (Å²) in [6.45, 7) is 3.22. The number of hydrogen-bond acceptors (Lipinski definition) is 2. The first-order valence-corrected chi connectivity index (χ1v) is 12.8. The third-order valence-corrected chi connectivity index (χ3v) is 6.10. The molecule has 0 bridgehead atoms. The van der Waals surface area contributed by atoms with Gasteiger partial charge in [-0.2, -0.15) is 13.2 Å². The summed E-state index contributed by atoms with van der Waals surface area (Å²) in [7, 11) is 0. The molecule has 2 aromatic heterocycles. The normalized spacial score (nSPS) is 12.0. The zero-order valence-corrected chi connectivity index (χ0v) is 19.9. The number of aromatic nitrogens is 2. The molecule has 0 aliphatic heterocycles. The van der Waals surface area contributed by atoms with E-state index in [1.807, 2.05) is 12.3 Å². The standard InChI is InChI=1S/C26H42F3N3/c1-2-3-4-5-9-12-15-21-31-32-22-23(25-24(32)18-16-20-30-25)17-13-10-7-6-8-11-14-19-26(27,28)29/h16,18,20,22,31H,2-15,17,19,21H2,1H3. The van der Waals surface area contributed by atoms with Crippen LogP contribution in [-0.4, -0.2) is 22.4 Å². The molecule has 1 N–H and O–H groups in total. The Kier molecular flexibility index (Phi) is 12.6. The molecule has 2 aromatic rings. The summed E-state index contributed by atoms with van der Waals surface area (Å²) in [6, 6.07) is 4.10. The molecule has 2 heterocycles. The van der Waals surface area contributed by atoms with Crippen LogP contribution in [0.2, 0.25) is 0 Å². The summed E-state index contributed by atoms with van der Waals surface area (Å²) >= 11 is 0. The molecule has 0 aliphatic rings. The Balaban J connectivity index is 1.65. The fourth-order valence-electron chi connectivity index (χ4n) is 4.25. The summed E-state index contributed by atoms with van der Waals surface area (Å²) in [5.74, 6) is 0. The van der Waals surface area contributed by atoms with E-state index in [4.69, 9.17) is 0 Å². The maximum Gasteiger partial charge on any atom is 0.389 e. The van der Waals surface area contributed by atoms with E-state index in [0.717, 1.165) is 56.1 Å². The minimum Gasteiger partial charge on any atom is -0.326 e. The van der Waals surface area contributed by atoms with Crippen molar-refractivity contribution in [3.63, 3.8) is 0 Å². The molecular weight excluding hydrogens is 411 g/mol. The average Bonchev–Trinajstić information content (AvgIpc) is 3.11. The molecule has 0 unspecified atom stereocenters. The minimum atomic E-state index is -4.00. The summed E-state index contributed by atoms with van der Waals surface area (Å²) in [4.78, 5) is 4.60. The van der Waals surface area contributed by atoms with Gasteiger partial charge in [0.1, 0.15) is 0 Å². The van der Waals surface area contributed by atoms with E-state index in [0.29, 0.717) is 6.42 Å². The average molecular weight is 454 g/mol. The lowest BCUT2D eigenvalue weighted by Gasteiger charge is -2.09. The SMILES string of the molecule is CCCCCCCCCNn1cc(CCCCCCCCCC(F)(F)F)c2ncccc21. The Bertz CT molecular complexity index is 739. The number of pyridine rings is 1. The molecule has 6 heteroatoms. The molecule has 0 saturated heterocycles. The third kappa shape index (κ3) is 10.7. The highest BCUT2D eigenvalue weighted by Crippen LogP contribution is 2.24. The van der Waals surface area contributed by atoms with Crippen molar-refractivity contribution >= 4 is 11.0 Å². The van der Waals surface area contributed by atoms with Gasteiger partial charge in [0.05, 0.1) is 11.0 Å². The fourth-order valence-corrected chi connectivity index (χ4v) is 4.25. The number of halogens is 3. The number of unbranched alkanes of at least 4 members (excludes halogenated alkanes) is 12. The Morgan fingerprint density at radius 2 is 1.47 bits per heavy atom. The Morgan fingerprint density at radius 1 is 0.844 bits per heavy atom. The molecule has 0 aliphatic carbocycles. The largest absolute Gasteiger partial charge is 0.389 e. The van der Waals surface area contributed by atoms with Crippen LogP contribution in [0, 0.1) is 0 Å². The first-order valence-electron chi connectivity index (χ1n) is 12.8. The van der Waals surface area contributed by atoms with Crippen LogP contribution in [0.5, 0.6) is 0 Å². The second-order valence-electron chi connectivity index (χ2n) is 9.01. The topological polar surface area (TPSA) is 29.9 Å². The monoisotopic (exact) mass is 453 g/mol. The second-order valence-corrected chi connectivity index (χ2v) is 9.01. The van der Waals surface area contributed by atoms with E-state index in [-0.39, 0.29) is 6.42 Å². The molecule has 0 spiro atoms. The van der Waals surface area contributed by atoms with E-state index < -0.39 is 12.6 Å². The summed E-state index contributed by atoms with van der Waals surface area (Å²) in [6.07, 6.45) is 15.7. The van der Waals surface area contributed by atoms with Crippen LogP contribution in [0.4, 0.5) is 13.2 Å². The minimum absolute atomic E-state index is 0.264. The zero-order valence-electron chi connectivity index (χ0n) is 19.9. The van der Waals surface area contributed by atoms with Gasteiger partial charge < -0.3 is 5.43 Å². The molecule has 0 amide bonds. The molecule has 0 atom stereocenters. The number of aryl methyl sites for hydroxylation is 1. The van der Waals surface area contributed by atoms with E-state index in [9.17, 15) is 13.2 Å². The van der Waals surface area contributed by atoms with Crippen LogP contribution >= 0.6 is 0 Å². The van der Waals surface area contributed by atoms with Crippen LogP contribution in [0.25, 0.3) is 11.0 Å². The van der Waals surface area contributed by atoms with Crippen molar-refractivity contribution in [2.24, 2.45) is 0 Å². The highest BCUT2D eigenvalue weighted by Gasteiger charge is 2.25. The lowest BCUT2D eigenvalue weighted by atomic mass is 10.0. The van der Waals surface area contributed by atoms with Gasteiger partial charge in [-0.3, -0.25) is 9.66 Å². The molecule has 182 valence electrons. The van der Waals surface area contributed by atoms with E-state index in [1.165, 1.54) is 50.5 Å². The van der Waals surface area contributed by atoms with Crippen molar-refractivity contribution in [1.29, 1.82) is 0 Å². The first kappa shape index (κ1) is 26.5. The second kappa shape index (κ2) is 15.2. The van der Waals surface area contributed by atoms with Crippen molar-refractivity contribution in [1.82, 2.24) is 9.66 Å². The number of nitrogens with one attached hydrogen (secondary N) is 1. The fraction of sp³-hybridized carbons (Fsp3) is 0.731. The van der Waals surface area contributed by atoms with Gasteiger partial charge >= 0.3 is 6.18 Å². The lowest BCUT2D eigenvalue weighted by molar-refractivity contribution is -0.135. The van der Waals surface area contributed by atoms with Crippen molar-refractivity contribution in [3.05, 3.63) is 30.1 Å². The lowest BCUT2D eigenvalue weighted by Crippen LogP contribution is -2.14. The van der Waals surface area contributed by atoms with Crippen molar-refractivity contribution in [3.8, 4) is 0 Å². The molecule has 2 rings (SSSR count). The number of alkyl halides is 3. The van der Waals surface area contributed by atoms with Crippen molar-refractivity contribution in [2.75, 3.05) is 12.0 Å². The third-order valence-electron chi connectivity index (χ3n) is 6.10. The predicted molar refractivity (Wildman–Crippen MR) is 129 cm³/mol. The van der Waals surface area contributed by atoms with Gasteiger partial charge in [-0.15, -0.1) is 0 Å². The predicted octanol–water partition coefficient (Wildman–Crippen LogP) is 8.56. The van der Waals surface area contributed by atoms with Crippen LogP contribution < -0.4 is 5.43 Å². The van der Waals surface area contributed by atoms with Crippen LogP contribution in [0.1, 0.15) is 109 Å². The maximum atomic E-state index is 12.1. The van der Waals surface area contributed by atoms with Gasteiger partial charge in [0.15, 0.2) is 0 Å². The highest BCUT2D eigenvalue weighted by atomic mass is 19.4. The molecule has 0 radical (unpaired) electrons. The smallest absolute Gasteiger partial charge is 0.326 e. The first-order chi connectivity index (χ1) is 15.5. The Morgan fingerprint density at radius 3 is 2.16 bits per heavy atom. The van der Waals surface area contributed by atoms with Crippen LogP contribution in [-0.2, 0) is 6.42 Å². The number of hydrogen-bond donors (Lipinski definition) is 1. The van der Waals surface area contributed by atoms with E-state index >= 15 is 0 Å². The quantitative estimate of drug-likeness (QED) is 0.229. The summed E-state index contributed by atoms with van der Waals surface area (Å²) in [5.41, 5.74) is 7.03. The number of rotatable bonds is 18. The molecule has 0 aromatic carbocycles. The molecular formula is C26H42F3N3. The van der Waals surface area contributed by atoms with Crippen LogP contribution in [0.15, 0.2) is 24.5 Å². The van der Waals surface area contributed by atoms with Crippen molar-refractivity contribution in [2.45, 2.75) is 116 Å². The molecule has 3 nitrogen and oxygen atoms in total. The molecule has 0 fully saturated rings.